The Kier molecular flexibility index (Phi) is 4.80. The Morgan fingerprint density at radius 3 is 2.38 bits per heavy atom. The Balaban J connectivity index is 1.78. The molecule has 0 spiro atoms. The van der Waals surface area contributed by atoms with E-state index in [-0.39, 0.29) is 4.90 Å². The Bertz CT molecular complexity index is 849. The van der Waals surface area contributed by atoms with Crippen molar-refractivity contribution in [2.75, 3.05) is 31.1 Å². The summed E-state index contributed by atoms with van der Waals surface area (Å²) < 4.78 is 40.4. The van der Waals surface area contributed by atoms with Gasteiger partial charge in [0.15, 0.2) is 0 Å². The number of piperazine rings is 1. The van der Waals surface area contributed by atoms with E-state index in [1.54, 1.807) is 0 Å². The topological polar surface area (TPSA) is 40.6 Å². The monoisotopic (exact) mass is 368 g/mol. The highest BCUT2D eigenvalue weighted by Crippen LogP contribution is 2.27. The number of halogens is 2. The average Bonchev–Trinajstić information content (AvgIpc) is 2.57. The van der Waals surface area contributed by atoms with Gasteiger partial charge in [-0.3, -0.25) is 0 Å². The lowest BCUT2D eigenvalue weighted by Crippen LogP contribution is -2.49. The molecule has 2 aromatic rings. The van der Waals surface area contributed by atoms with Crippen molar-refractivity contribution >= 4 is 27.3 Å². The summed E-state index contributed by atoms with van der Waals surface area (Å²) in [4.78, 5) is 1.84. The molecule has 128 valence electrons. The van der Waals surface area contributed by atoms with Crippen LogP contribution in [0.25, 0.3) is 0 Å². The first-order valence-corrected chi connectivity index (χ1v) is 9.47. The molecule has 1 heterocycles. The minimum atomic E-state index is -3.81. The Labute approximate surface area is 146 Å². The highest BCUT2D eigenvalue weighted by atomic mass is 35.5. The molecule has 24 heavy (non-hydrogen) atoms. The van der Waals surface area contributed by atoms with Gasteiger partial charge in [-0.1, -0.05) is 29.8 Å². The lowest BCUT2D eigenvalue weighted by Gasteiger charge is -2.36. The van der Waals surface area contributed by atoms with E-state index in [2.05, 4.69) is 4.90 Å². The number of nitrogens with zero attached hydrogens (tertiary/aromatic N) is 2. The fourth-order valence-electron chi connectivity index (χ4n) is 2.89. The molecule has 0 amide bonds. The maximum Gasteiger partial charge on any atom is 0.246 e. The fraction of sp³-hybridized carbons (Fsp3) is 0.294. The van der Waals surface area contributed by atoms with Gasteiger partial charge in [-0.15, -0.1) is 0 Å². The van der Waals surface area contributed by atoms with E-state index >= 15 is 0 Å². The molecule has 0 radical (unpaired) electrons. The fourth-order valence-corrected chi connectivity index (χ4v) is 4.54. The summed E-state index contributed by atoms with van der Waals surface area (Å²) in [6, 6.07) is 11.1. The first-order chi connectivity index (χ1) is 11.4. The van der Waals surface area contributed by atoms with E-state index < -0.39 is 15.8 Å². The third-order valence-corrected chi connectivity index (χ3v) is 6.37. The Morgan fingerprint density at radius 1 is 1.04 bits per heavy atom. The molecule has 1 fully saturated rings. The standard InChI is InChI=1S/C17H18ClFN2O2S/c1-13-6-7-14(18)12-16(13)20-8-10-21(11-9-20)24(22,23)17-5-3-2-4-15(17)19/h2-7,12H,8-11H2,1H3. The van der Waals surface area contributed by atoms with Crippen LogP contribution < -0.4 is 4.90 Å². The van der Waals surface area contributed by atoms with E-state index in [9.17, 15) is 12.8 Å². The van der Waals surface area contributed by atoms with Crippen LogP contribution in [-0.4, -0.2) is 38.9 Å². The SMILES string of the molecule is Cc1ccc(Cl)cc1N1CCN(S(=O)(=O)c2ccccc2F)CC1. The van der Waals surface area contributed by atoms with Gasteiger partial charge < -0.3 is 4.90 Å². The molecule has 1 saturated heterocycles. The van der Waals surface area contributed by atoms with Crippen LogP contribution in [0.3, 0.4) is 0 Å². The second kappa shape index (κ2) is 6.70. The van der Waals surface area contributed by atoms with Gasteiger partial charge in [-0.2, -0.15) is 4.31 Å². The number of hydrogen-bond acceptors (Lipinski definition) is 3. The average molecular weight is 369 g/mol. The Morgan fingerprint density at radius 2 is 1.71 bits per heavy atom. The third-order valence-electron chi connectivity index (χ3n) is 4.20. The zero-order chi connectivity index (χ0) is 17.3. The van der Waals surface area contributed by atoms with Crippen molar-refractivity contribution < 1.29 is 12.8 Å². The van der Waals surface area contributed by atoms with Crippen molar-refractivity contribution in [1.82, 2.24) is 4.31 Å². The van der Waals surface area contributed by atoms with Crippen LogP contribution in [0.1, 0.15) is 5.56 Å². The van der Waals surface area contributed by atoms with Crippen LogP contribution in [0.15, 0.2) is 47.4 Å². The first kappa shape index (κ1) is 17.2. The van der Waals surface area contributed by atoms with Crippen molar-refractivity contribution in [2.45, 2.75) is 11.8 Å². The number of benzene rings is 2. The number of anilines is 1. The molecule has 0 unspecified atom stereocenters. The van der Waals surface area contributed by atoms with Gasteiger partial charge >= 0.3 is 0 Å². The largest absolute Gasteiger partial charge is 0.369 e. The summed E-state index contributed by atoms with van der Waals surface area (Å²) in [6.45, 7) is 3.68. The third kappa shape index (κ3) is 3.27. The van der Waals surface area contributed by atoms with Crippen LogP contribution in [-0.2, 0) is 10.0 Å². The van der Waals surface area contributed by atoms with Crippen LogP contribution in [0.5, 0.6) is 0 Å². The molecular weight excluding hydrogens is 351 g/mol. The van der Waals surface area contributed by atoms with Crippen molar-refractivity contribution in [3.05, 3.63) is 58.9 Å². The number of aryl methyl sites for hydroxylation is 1. The molecule has 0 aromatic heterocycles. The zero-order valence-electron chi connectivity index (χ0n) is 13.2. The first-order valence-electron chi connectivity index (χ1n) is 7.65. The minimum Gasteiger partial charge on any atom is -0.369 e. The highest BCUT2D eigenvalue weighted by molar-refractivity contribution is 7.89. The van der Waals surface area contributed by atoms with Crippen LogP contribution in [0.4, 0.5) is 10.1 Å². The molecule has 3 rings (SSSR count). The second-order valence-corrected chi connectivity index (χ2v) is 8.10. The maximum absolute atomic E-state index is 13.8. The molecule has 0 bridgehead atoms. The van der Waals surface area contributed by atoms with E-state index in [1.807, 2.05) is 25.1 Å². The molecule has 1 aliphatic rings. The van der Waals surface area contributed by atoms with Crippen LogP contribution in [0.2, 0.25) is 5.02 Å². The summed E-state index contributed by atoms with van der Waals surface area (Å²) in [6.07, 6.45) is 0. The quantitative estimate of drug-likeness (QED) is 0.834. The van der Waals surface area contributed by atoms with Gasteiger partial charge in [0, 0.05) is 36.9 Å². The maximum atomic E-state index is 13.8. The van der Waals surface area contributed by atoms with Crippen LogP contribution in [0, 0.1) is 12.7 Å². The lowest BCUT2D eigenvalue weighted by atomic mass is 10.1. The number of rotatable bonds is 3. The van der Waals surface area contributed by atoms with Crippen molar-refractivity contribution in [2.24, 2.45) is 0 Å². The van der Waals surface area contributed by atoms with E-state index in [1.165, 1.54) is 28.6 Å². The molecule has 0 atom stereocenters. The number of hydrogen-bond donors (Lipinski definition) is 0. The highest BCUT2D eigenvalue weighted by Gasteiger charge is 2.30. The molecule has 2 aromatic carbocycles. The summed E-state index contributed by atoms with van der Waals surface area (Å²) in [5, 5.41) is 0.650. The predicted molar refractivity (Wildman–Crippen MR) is 93.6 cm³/mol. The van der Waals surface area contributed by atoms with Crippen molar-refractivity contribution in [3.63, 3.8) is 0 Å². The zero-order valence-corrected chi connectivity index (χ0v) is 14.8. The van der Waals surface area contributed by atoms with E-state index in [4.69, 9.17) is 11.6 Å². The van der Waals surface area contributed by atoms with Gasteiger partial charge in [0.05, 0.1) is 0 Å². The normalized spacial score (nSPS) is 16.4. The molecule has 0 N–H and O–H groups in total. The van der Waals surface area contributed by atoms with Gasteiger partial charge in [0.25, 0.3) is 0 Å². The minimum absolute atomic E-state index is 0.266. The molecular formula is C17H18ClFN2O2S. The van der Waals surface area contributed by atoms with Crippen molar-refractivity contribution in [1.29, 1.82) is 0 Å². The lowest BCUT2D eigenvalue weighted by molar-refractivity contribution is 0.382. The molecule has 4 nitrogen and oxygen atoms in total. The van der Waals surface area contributed by atoms with Gasteiger partial charge in [0.1, 0.15) is 10.7 Å². The number of sulfonamides is 1. The smallest absolute Gasteiger partial charge is 0.246 e. The Hall–Kier alpha value is -1.63. The second-order valence-electron chi connectivity index (χ2n) is 5.75. The summed E-state index contributed by atoms with van der Waals surface area (Å²) in [7, 11) is -3.81. The molecule has 1 aliphatic heterocycles. The predicted octanol–water partition coefficient (Wildman–Crippen LogP) is 3.30. The van der Waals surface area contributed by atoms with Crippen LogP contribution >= 0.6 is 11.6 Å². The molecule has 0 saturated carbocycles. The molecule has 7 heteroatoms. The van der Waals surface area contributed by atoms with Gasteiger partial charge in [-0.25, -0.2) is 12.8 Å². The van der Waals surface area contributed by atoms with Gasteiger partial charge in [0.2, 0.25) is 10.0 Å². The summed E-state index contributed by atoms with van der Waals surface area (Å²) >= 11 is 6.06. The summed E-state index contributed by atoms with van der Waals surface area (Å²) in [5.74, 6) is -0.717. The van der Waals surface area contributed by atoms with E-state index in [0.29, 0.717) is 31.2 Å². The van der Waals surface area contributed by atoms with Crippen molar-refractivity contribution in [3.8, 4) is 0 Å². The van der Waals surface area contributed by atoms with E-state index in [0.717, 1.165) is 11.3 Å². The van der Waals surface area contributed by atoms with Gasteiger partial charge in [-0.05, 0) is 36.8 Å². The molecule has 0 aliphatic carbocycles. The summed E-state index contributed by atoms with van der Waals surface area (Å²) in [5.41, 5.74) is 2.09.